The van der Waals surface area contributed by atoms with E-state index >= 15 is 0 Å². The minimum Gasteiger partial charge on any atom is -0.497 e. The number of benzene rings is 1. The van der Waals surface area contributed by atoms with E-state index in [4.69, 9.17) is 23.6 Å². The summed E-state index contributed by atoms with van der Waals surface area (Å²) < 4.78 is 22.6. The molecule has 0 radical (unpaired) electrons. The van der Waals surface area contributed by atoms with Gasteiger partial charge in [-0.25, -0.2) is 4.99 Å². The average Bonchev–Trinajstić information content (AvgIpc) is 3.51. The van der Waals surface area contributed by atoms with Crippen molar-refractivity contribution >= 4 is 5.96 Å². The molecule has 0 saturated carbocycles. The molecule has 2 atom stereocenters. The molecule has 2 aliphatic rings. The Labute approximate surface area is 178 Å². The molecular weight excluding hydrogens is 382 g/mol. The lowest BCUT2D eigenvalue weighted by molar-refractivity contribution is -0.0817. The van der Waals surface area contributed by atoms with E-state index in [1.165, 1.54) is 0 Å². The van der Waals surface area contributed by atoms with Crippen molar-refractivity contribution < 1.29 is 18.6 Å². The van der Waals surface area contributed by atoms with Crippen LogP contribution in [0.15, 0.2) is 52.1 Å². The zero-order chi connectivity index (χ0) is 20.6. The number of furan rings is 1. The van der Waals surface area contributed by atoms with Gasteiger partial charge in [-0.05, 0) is 42.7 Å². The highest BCUT2D eigenvalue weighted by atomic mass is 16.5. The van der Waals surface area contributed by atoms with E-state index in [2.05, 4.69) is 22.3 Å². The van der Waals surface area contributed by atoms with Gasteiger partial charge in [-0.3, -0.25) is 0 Å². The molecule has 1 aromatic carbocycles. The van der Waals surface area contributed by atoms with E-state index in [-0.39, 0.29) is 12.2 Å². The Morgan fingerprint density at radius 1 is 1.17 bits per heavy atom. The van der Waals surface area contributed by atoms with Crippen molar-refractivity contribution in [1.29, 1.82) is 0 Å². The molecule has 2 saturated heterocycles. The van der Waals surface area contributed by atoms with E-state index in [1.807, 2.05) is 24.3 Å². The van der Waals surface area contributed by atoms with Crippen LogP contribution < -0.4 is 10.1 Å². The van der Waals surface area contributed by atoms with Crippen LogP contribution in [0.5, 0.6) is 5.75 Å². The Kier molecular flexibility index (Phi) is 7.26. The first-order valence-corrected chi connectivity index (χ1v) is 10.7. The molecule has 1 aromatic heterocycles. The molecule has 2 aromatic rings. The maximum absolute atomic E-state index is 6.02. The van der Waals surface area contributed by atoms with Gasteiger partial charge >= 0.3 is 0 Å². The smallest absolute Gasteiger partial charge is 0.194 e. The molecule has 0 spiro atoms. The first-order chi connectivity index (χ1) is 14.8. The molecular formula is C23H31N3O4. The Balaban J connectivity index is 1.42. The third-order valence-corrected chi connectivity index (χ3v) is 5.58. The summed E-state index contributed by atoms with van der Waals surface area (Å²) in [5, 5.41) is 3.53. The predicted molar refractivity (Wildman–Crippen MR) is 115 cm³/mol. The van der Waals surface area contributed by atoms with Gasteiger partial charge in [-0.2, -0.15) is 0 Å². The van der Waals surface area contributed by atoms with E-state index in [9.17, 15) is 0 Å². The topological polar surface area (TPSA) is 68.5 Å². The van der Waals surface area contributed by atoms with Crippen LogP contribution in [0.1, 0.15) is 24.2 Å². The molecule has 7 nitrogen and oxygen atoms in total. The van der Waals surface area contributed by atoms with Crippen molar-refractivity contribution in [3.05, 3.63) is 54.0 Å². The summed E-state index contributed by atoms with van der Waals surface area (Å²) in [6, 6.07) is 12.0. The maximum atomic E-state index is 6.02. The molecule has 7 heteroatoms. The summed E-state index contributed by atoms with van der Waals surface area (Å²) in [4.78, 5) is 7.21. The van der Waals surface area contributed by atoms with E-state index in [1.54, 1.807) is 13.4 Å². The third-order valence-electron chi connectivity index (χ3n) is 5.58. The second kappa shape index (κ2) is 10.5. The summed E-state index contributed by atoms with van der Waals surface area (Å²) in [5.41, 5.74) is 1.14. The van der Waals surface area contributed by atoms with Crippen LogP contribution in [0.2, 0.25) is 0 Å². The summed E-state index contributed by atoms with van der Waals surface area (Å²) in [6.07, 6.45) is 5.00. The van der Waals surface area contributed by atoms with Crippen molar-refractivity contribution in [3.8, 4) is 5.75 Å². The van der Waals surface area contributed by atoms with Crippen LogP contribution >= 0.6 is 0 Å². The van der Waals surface area contributed by atoms with Crippen LogP contribution in [0.4, 0.5) is 0 Å². The molecule has 2 fully saturated rings. The Hall–Kier alpha value is -2.51. The molecule has 0 bridgehead atoms. The molecule has 162 valence electrons. The van der Waals surface area contributed by atoms with Crippen molar-refractivity contribution in [2.24, 2.45) is 4.99 Å². The number of rotatable bonds is 7. The number of nitrogens with zero attached hydrogens (tertiary/aromatic N) is 2. The molecule has 2 unspecified atom stereocenters. The Bertz CT molecular complexity index is 785. The third kappa shape index (κ3) is 5.55. The Morgan fingerprint density at radius 2 is 2.03 bits per heavy atom. The fourth-order valence-electron chi connectivity index (χ4n) is 3.91. The lowest BCUT2D eigenvalue weighted by Crippen LogP contribution is -2.53. The quantitative estimate of drug-likeness (QED) is 0.556. The van der Waals surface area contributed by atoms with E-state index in [0.717, 1.165) is 68.5 Å². The highest BCUT2D eigenvalue weighted by Crippen LogP contribution is 2.21. The normalized spacial score (nSPS) is 22.3. The van der Waals surface area contributed by atoms with Gasteiger partial charge in [-0.15, -0.1) is 0 Å². The van der Waals surface area contributed by atoms with Crippen LogP contribution in [-0.4, -0.2) is 63.0 Å². The fourth-order valence-corrected chi connectivity index (χ4v) is 3.91. The highest BCUT2D eigenvalue weighted by molar-refractivity contribution is 5.80. The van der Waals surface area contributed by atoms with Crippen LogP contribution in [-0.2, 0) is 22.4 Å². The van der Waals surface area contributed by atoms with E-state index < -0.39 is 0 Å². The first-order valence-electron chi connectivity index (χ1n) is 10.7. The van der Waals surface area contributed by atoms with Crippen molar-refractivity contribution in [2.75, 3.05) is 40.0 Å². The SMILES string of the molecule is COc1ccc(CN=C(NCCc2ccco2)N2CCOC(C3CCCO3)C2)cc1. The Morgan fingerprint density at radius 3 is 2.77 bits per heavy atom. The summed E-state index contributed by atoms with van der Waals surface area (Å²) in [6.45, 7) is 4.50. The maximum Gasteiger partial charge on any atom is 0.194 e. The first kappa shape index (κ1) is 20.8. The van der Waals surface area contributed by atoms with Crippen LogP contribution in [0, 0.1) is 0 Å². The molecule has 3 heterocycles. The number of ether oxygens (including phenoxy) is 3. The number of hydrogen-bond acceptors (Lipinski definition) is 5. The highest BCUT2D eigenvalue weighted by Gasteiger charge is 2.32. The zero-order valence-corrected chi connectivity index (χ0v) is 17.6. The lowest BCUT2D eigenvalue weighted by atomic mass is 10.1. The van der Waals surface area contributed by atoms with Gasteiger partial charge in [0.1, 0.15) is 17.6 Å². The van der Waals surface area contributed by atoms with Crippen molar-refractivity contribution in [3.63, 3.8) is 0 Å². The van der Waals surface area contributed by atoms with E-state index in [0.29, 0.717) is 13.2 Å². The largest absolute Gasteiger partial charge is 0.497 e. The number of aliphatic imine (C=N–C) groups is 1. The summed E-state index contributed by atoms with van der Waals surface area (Å²) >= 11 is 0. The van der Waals surface area contributed by atoms with Gasteiger partial charge in [0.05, 0.1) is 32.6 Å². The van der Waals surface area contributed by atoms with Gasteiger partial charge < -0.3 is 28.8 Å². The van der Waals surface area contributed by atoms with Crippen molar-refractivity contribution in [2.45, 2.75) is 38.0 Å². The standard InChI is InChI=1S/C23H31N3O4/c1-27-19-8-6-18(7-9-19)16-25-23(24-11-10-20-4-2-13-28-20)26-12-15-30-22(17-26)21-5-3-14-29-21/h2,4,6-9,13,21-22H,3,5,10-12,14-17H2,1H3,(H,24,25). The zero-order valence-electron chi connectivity index (χ0n) is 17.6. The molecule has 1 N–H and O–H groups in total. The summed E-state index contributed by atoms with van der Waals surface area (Å²) in [7, 11) is 1.68. The van der Waals surface area contributed by atoms with Gasteiger partial charge in [0.15, 0.2) is 5.96 Å². The van der Waals surface area contributed by atoms with Gasteiger partial charge in [-0.1, -0.05) is 12.1 Å². The molecule has 4 rings (SSSR count). The number of hydrogen-bond donors (Lipinski definition) is 1. The molecule has 30 heavy (non-hydrogen) atoms. The number of nitrogens with one attached hydrogen (secondary N) is 1. The monoisotopic (exact) mass is 413 g/mol. The summed E-state index contributed by atoms with van der Waals surface area (Å²) in [5.74, 6) is 2.73. The van der Waals surface area contributed by atoms with Gasteiger partial charge in [0.25, 0.3) is 0 Å². The van der Waals surface area contributed by atoms with Crippen molar-refractivity contribution in [1.82, 2.24) is 10.2 Å². The van der Waals surface area contributed by atoms with Gasteiger partial charge in [0.2, 0.25) is 0 Å². The van der Waals surface area contributed by atoms with Gasteiger partial charge in [0, 0.05) is 32.7 Å². The van der Waals surface area contributed by atoms with Crippen LogP contribution in [0.25, 0.3) is 0 Å². The van der Waals surface area contributed by atoms with Crippen LogP contribution in [0.3, 0.4) is 0 Å². The average molecular weight is 414 g/mol. The number of morpholine rings is 1. The second-order valence-electron chi connectivity index (χ2n) is 7.65. The molecule has 0 amide bonds. The molecule has 0 aliphatic carbocycles. The molecule has 2 aliphatic heterocycles. The predicted octanol–water partition coefficient (Wildman–Crippen LogP) is 2.86. The fraction of sp³-hybridized carbons (Fsp3) is 0.522. The minimum absolute atomic E-state index is 0.0966. The second-order valence-corrected chi connectivity index (χ2v) is 7.65. The minimum atomic E-state index is 0.0966. The number of methoxy groups -OCH3 is 1. The lowest BCUT2D eigenvalue weighted by Gasteiger charge is -2.37. The number of guanidine groups is 1.